The highest BCUT2D eigenvalue weighted by atomic mass is 32.2. The molecular weight excluding hydrogens is 224 g/mol. The maximum atomic E-state index is 11.5. The van der Waals surface area contributed by atoms with Crippen molar-refractivity contribution in [3.05, 3.63) is 0 Å². The van der Waals surface area contributed by atoms with Gasteiger partial charge in [-0.15, -0.1) is 0 Å². The van der Waals surface area contributed by atoms with Gasteiger partial charge < -0.3 is 5.32 Å². The molecule has 0 aromatic rings. The molecule has 0 aliphatic carbocycles. The number of carbonyl (C=O) groups excluding carboxylic acids is 2. The molecule has 1 fully saturated rings. The highest BCUT2D eigenvalue weighted by Gasteiger charge is 2.27. The number of imide groups is 1. The topological polar surface area (TPSA) is 49.4 Å². The molecule has 0 aromatic carbocycles. The molecule has 1 saturated heterocycles. The SMILES string of the molecule is CC(CNC(C)C)CN1C(=O)CCSC1=O. The lowest BCUT2D eigenvalue weighted by Crippen LogP contribution is -2.43. The average molecular weight is 244 g/mol. The molecule has 0 bridgehead atoms. The molecule has 1 aliphatic rings. The van der Waals surface area contributed by atoms with Gasteiger partial charge in [-0.2, -0.15) is 0 Å². The summed E-state index contributed by atoms with van der Waals surface area (Å²) in [7, 11) is 0. The second-order valence-electron chi connectivity index (χ2n) is 4.54. The average Bonchev–Trinajstić information content (AvgIpc) is 2.21. The van der Waals surface area contributed by atoms with Crippen LogP contribution in [-0.2, 0) is 4.79 Å². The van der Waals surface area contributed by atoms with Crippen LogP contribution >= 0.6 is 11.8 Å². The minimum absolute atomic E-state index is 0.0276. The van der Waals surface area contributed by atoms with Crippen LogP contribution < -0.4 is 5.32 Å². The van der Waals surface area contributed by atoms with E-state index in [9.17, 15) is 9.59 Å². The van der Waals surface area contributed by atoms with Crippen LogP contribution in [0, 0.1) is 5.92 Å². The van der Waals surface area contributed by atoms with E-state index in [1.807, 2.05) is 0 Å². The van der Waals surface area contributed by atoms with Gasteiger partial charge in [0.25, 0.3) is 5.24 Å². The highest BCUT2D eigenvalue weighted by Crippen LogP contribution is 2.19. The highest BCUT2D eigenvalue weighted by molar-refractivity contribution is 8.13. The van der Waals surface area contributed by atoms with E-state index in [0.29, 0.717) is 30.7 Å². The molecule has 5 heteroatoms. The first-order valence-electron chi connectivity index (χ1n) is 5.71. The first kappa shape index (κ1) is 13.5. The standard InChI is InChI=1S/C11H20N2O2S/c1-8(2)12-6-9(3)7-13-10(14)4-5-16-11(13)15/h8-9,12H,4-7H2,1-3H3. The number of nitrogens with one attached hydrogen (secondary N) is 1. The van der Waals surface area contributed by atoms with E-state index in [-0.39, 0.29) is 11.1 Å². The number of thioether (sulfide) groups is 1. The van der Waals surface area contributed by atoms with E-state index in [1.54, 1.807) is 0 Å². The molecule has 0 spiro atoms. The maximum Gasteiger partial charge on any atom is 0.288 e. The molecule has 0 saturated carbocycles. The van der Waals surface area contributed by atoms with Crippen LogP contribution in [-0.4, -0.2) is 40.9 Å². The lowest BCUT2D eigenvalue weighted by Gasteiger charge is -2.27. The van der Waals surface area contributed by atoms with Crippen molar-refractivity contribution in [3.63, 3.8) is 0 Å². The Morgan fingerprint density at radius 3 is 2.62 bits per heavy atom. The van der Waals surface area contributed by atoms with E-state index in [1.165, 1.54) is 16.7 Å². The van der Waals surface area contributed by atoms with Crippen molar-refractivity contribution < 1.29 is 9.59 Å². The largest absolute Gasteiger partial charge is 0.314 e. The van der Waals surface area contributed by atoms with E-state index in [4.69, 9.17) is 0 Å². The number of hydrogen-bond acceptors (Lipinski definition) is 4. The Morgan fingerprint density at radius 1 is 1.38 bits per heavy atom. The molecular formula is C11H20N2O2S. The van der Waals surface area contributed by atoms with Crippen LogP contribution in [0.25, 0.3) is 0 Å². The zero-order valence-electron chi connectivity index (χ0n) is 10.2. The first-order valence-corrected chi connectivity index (χ1v) is 6.69. The molecule has 2 amide bonds. The predicted octanol–water partition coefficient (Wildman–Crippen LogP) is 1.71. The molecule has 0 radical (unpaired) electrons. The van der Waals surface area contributed by atoms with E-state index in [2.05, 4.69) is 26.1 Å². The summed E-state index contributed by atoms with van der Waals surface area (Å²) in [6.07, 6.45) is 0.487. The van der Waals surface area contributed by atoms with Crippen molar-refractivity contribution in [2.45, 2.75) is 33.2 Å². The number of nitrogens with zero attached hydrogens (tertiary/aromatic N) is 1. The Balaban J connectivity index is 2.39. The molecule has 1 unspecified atom stereocenters. The molecule has 92 valence electrons. The van der Waals surface area contributed by atoms with Gasteiger partial charge in [-0.3, -0.25) is 14.5 Å². The molecule has 1 N–H and O–H groups in total. The minimum atomic E-state index is -0.0901. The van der Waals surface area contributed by atoms with Crippen LogP contribution in [0.1, 0.15) is 27.2 Å². The van der Waals surface area contributed by atoms with Gasteiger partial charge in [0.2, 0.25) is 5.91 Å². The summed E-state index contributed by atoms with van der Waals surface area (Å²) in [6, 6.07) is 0.435. The summed E-state index contributed by atoms with van der Waals surface area (Å²) in [4.78, 5) is 24.5. The summed E-state index contributed by atoms with van der Waals surface area (Å²) in [5, 5.41) is 3.22. The van der Waals surface area contributed by atoms with Gasteiger partial charge >= 0.3 is 0 Å². The van der Waals surface area contributed by atoms with Crippen molar-refractivity contribution in [2.24, 2.45) is 5.92 Å². The van der Waals surface area contributed by atoms with Crippen LogP contribution in [0.5, 0.6) is 0 Å². The van der Waals surface area contributed by atoms with Gasteiger partial charge in [-0.05, 0) is 12.5 Å². The zero-order valence-corrected chi connectivity index (χ0v) is 11.0. The molecule has 0 aromatic heterocycles. The van der Waals surface area contributed by atoms with Crippen molar-refractivity contribution >= 4 is 22.9 Å². The summed E-state index contributed by atoms with van der Waals surface area (Å²) in [5.74, 6) is 0.904. The smallest absolute Gasteiger partial charge is 0.288 e. The Hall–Kier alpha value is -0.550. The normalized spacial score (nSPS) is 19.4. The molecule has 16 heavy (non-hydrogen) atoms. The fourth-order valence-corrected chi connectivity index (χ4v) is 2.31. The van der Waals surface area contributed by atoms with Crippen molar-refractivity contribution in [1.29, 1.82) is 0 Å². The third-order valence-electron chi connectivity index (χ3n) is 2.43. The van der Waals surface area contributed by atoms with E-state index in [0.717, 1.165) is 6.54 Å². The summed E-state index contributed by atoms with van der Waals surface area (Å²) in [6.45, 7) is 7.58. The number of amides is 2. The third-order valence-corrected chi connectivity index (χ3v) is 3.31. The maximum absolute atomic E-state index is 11.5. The molecule has 1 atom stereocenters. The first-order chi connectivity index (χ1) is 7.50. The van der Waals surface area contributed by atoms with Gasteiger partial charge in [-0.1, -0.05) is 32.5 Å². The lowest BCUT2D eigenvalue weighted by molar-refractivity contribution is -0.128. The van der Waals surface area contributed by atoms with Crippen LogP contribution in [0.3, 0.4) is 0 Å². The zero-order chi connectivity index (χ0) is 12.1. The van der Waals surface area contributed by atoms with Gasteiger partial charge in [-0.25, -0.2) is 0 Å². The summed E-state index contributed by atoms with van der Waals surface area (Å²) >= 11 is 1.24. The fourth-order valence-electron chi connectivity index (χ4n) is 1.53. The fraction of sp³-hybridized carbons (Fsp3) is 0.818. The van der Waals surface area contributed by atoms with Crippen LogP contribution in [0.4, 0.5) is 4.79 Å². The molecule has 1 heterocycles. The third kappa shape index (κ3) is 4.14. The van der Waals surface area contributed by atoms with Crippen LogP contribution in [0.15, 0.2) is 0 Å². The van der Waals surface area contributed by atoms with Crippen molar-refractivity contribution in [3.8, 4) is 0 Å². The quantitative estimate of drug-likeness (QED) is 0.800. The monoisotopic (exact) mass is 244 g/mol. The lowest BCUT2D eigenvalue weighted by atomic mass is 10.1. The van der Waals surface area contributed by atoms with Crippen LogP contribution in [0.2, 0.25) is 0 Å². The predicted molar refractivity (Wildman–Crippen MR) is 66.5 cm³/mol. The van der Waals surface area contributed by atoms with E-state index >= 15 is 0 Å². The van der Waals surface area contributed by atoms with Gasteiger partial charge in [0.15, 0.2) is 0 Å². The van der Waals surface area contributed by atoms with Crippen molar-refractivity contribution in [2.75, 3.05) is 18.8 Å². The molecule has 1 rings (SSSR count). The Labute approximate surface area is 101 Å². The number of carbonyl (C=O) groups is 2. The second kappa shape index (κ2) is 6.25. The molecule has 1 aliphatic heterocycles. The summed E-state index contributed by atoms with van der Waals surface area (Å²) in [5.41, 5.74) is 0. The van der Waals surface area contributed by atoms with Gasteiger partial charge in [0, 0.05) is 24.8 Å². The molecule has 4 nitrogen and oxygen atoms in total. The summed E-state index contributed by atoms with van der Waals surface area (Å²) < 4.78 is 0. The van der Waals surface area contributed by atoms with E-state index < -0.39 is 0 Å². The minimum Gasteiger partial charge on any atom is -0.314 e. The van der Waals surface area contributed by atoms with Gasteiger partial charge in [0.05, 0.1) is 0 Å². The Bertz CT molecular complexity index is 253. The van der Waals surface area contributed by atoms with Gasteiger partial charge in [0.1, 0.15) is 0 Å². The second-order valence-corrected chi connectivity index (χ2v) is 5.58. The number of rotatable bonds is 5. The number of hydrogen-bond donors (Lipinski definition) is 1. The Kier molecular flexibility index (Phi) is 5.28. The Morgan fingerprint density at radius 2 is 2.06 bits per heavy atom. The van der Waals surface area contributed by atoms with Crippen molar-refractivity contribution in [1.82, 2.24) is 10.2 Å².